The van der Waals surface area contributed by atoms with Gasteiger partial charge in [-0.2, -0.15) is 0 Å². The van der Waals surface area contributed by atoms with Crippen molar-refractivity contribution in [1.29, 1.82) is 0 Å². The fourth-order valence-corrected chi connectivity index (χ4v) is 2.69. The van der Waals surface area contributed by atoms with Crippen molar-refractivity contribution in [2.45, 2.75) is 25.7 Å². The van der Waals surface area contributed by atoms with Gasteiger partial charge < -0.3 is 9.47 Å². The Morgan fingerprint density at radius 2 is 1.75 bits per heavy atom. The first-order valence-electron chi connectivity index (χ1n) is 7.68. The number of anilines is 1. The minimum Gasteiger partial charge on any atom is -0.491 e. The zero-order valence-electron chi connectivity index (χ0n) is 14.4. The first-order valence-corrected chi connectivity index (χ1v) is 9.17. The summed E-state index contributed by atoms with van der Waals surface area (Å²) in [5.41, 5.74) is 0.959. The molecular formula is C17H26N2O4S. The maximum atomic E-state index is 12.2. The topological polar surface area (TPSA) is 77.5 Å². The molecule has 0 radical (unpaired) electrons. The molecule has 0 aliphatic carbocycles. The summed E-state index contributed by atoms with van der Waals surface area (Å²) in [5.74, 6) is 0.871. The van der Waals surface area contributed by atoms with Crippen molar-refractivity contribution in [3.05, 3.63) is 48.2 Å². The van der Waals surface area contributed by atoms with Gasteiger partial charge in [0.05, 0.1) is 11.5 Å². The van der Waals surface area contributed by atoms with Gasteiger partial charge in [-0.05, 0) is 42.8 Å². The van der Waals surface area contributed by atoms with Gasteiger partial charge in [0, 0.05) is 14.7 Å². The van der Waals surface area contributed by atoms with Crippen molar-refractivity contribution < 1.29 is 19.3 Å². The number of hydrogen-bond acceptors (Lipinski definition) is 5. The standard InChI is InChI=1S/C15H18N2O4S.C2H6.H2/c1-12-3-8-15(16-11-12)17-22(18,19)14-6-4-13(5-7-14)21-10-9-20-2;1-2;/h3-8,11H,9-10H2,1-2H3,(H,16,17);1-2H3;1H. The van der Waals surface area contributed by atoms with E-state index in [0.29, 0.717) is 19.0 Å². The summed E-state index contributed by atoms with van der Waals surface area (Å²) >= 11 is 0. The summed E-state index contributed by atoms with van der Waals surface area (Å²) in [7, 11) is -2.07. The van der Waals surface area contributed by atoms with Crippen LogP contribution in [0.4, 0.5) is 5.82 Å². The number of sulfonamides is 1. The second kappa shape index (κ2) is 9.89. The lowest BCUT2D eigenvalue weighted by Crippen LogP contribution is -2.14. The molecule has 7 heteroatoms. The molecule has 134 valence electrons. The van der Waals surface area contributed by atoms with Crippen LogP contribution in [0.3, 0.4) is 0 Å². The van der Waals surface area contributed by atoms with Crippen LogP contribution in [-0.2, 0) is 14.8 Å². The molecule has 0 saturated heterocycles. The lowest BCUT2D eigenvalue weighted by atomic mass is 10.3. The molecule has 1 heterocycles. The van der Waals surface area contributed by atoms with E-state index < -0.39 is 10.0 Å². The predicted molar refractivity (Wildman–Crippen MR) is 97.1 cm³/mol. The first kappa shape index (κ1) is 19.9. The van der Waals surface area contributed by atoms with Crippen LogP contribution in [0.15, 0.2) is 47.5 Å². The van der Waals surface area contributed by atoms with Crippen LogP contribution in [0, 0.1) is 6.92 Å². The highest BCUT2D eigenvalue weighted by atomic mass is 32.2. The normalized spacial score (nSPS) is 10.5. The molecule has 0 unspecified atom stereocenters. The Balaban J connectivity index is 0.00000185. The van der Waals surface area contributed by atoms with Crippen molar-refractivity contribution in [1.82, 2.24) is 4.98 Å². The Morgan fingerprint density at radius 3 is 2.29 bits per heavy atom. The van der Waals surface area contributed by atoms with Crippen molar-refractivity contribution in [3.63, 3.8) is 0 Å². The molecule has 0 saturated carbocycles. The average Bonchev–Trinajstić information content (AvgIpc) is 2.59. The Morgan fingerprint density at radius 1 is 1.08 bits per heavy atom. The summed E-state index contributed by atoms with van der Waals surface area (Å²) in [6.45, 7) is 6.77. The number of benzene rings is 1. The molecule has 1 aromatic heterocycles. The minimum absolute atomic E-state index is 0. The Bertz CT molecular complexity index is 704. The molecule has 0 aliphatic heterocycles. The molecule has 0 amide bonds. The van der Waals surface area contributed by atoms with Crippen LogP contribution in [0.2, 0.25) is 0 Å². The van der Waals surface area contributed by atoms with Crippen molar-refractivity contribution in [3.8, 4) is 5.75 Å². The van der Waals surface area contributed by atoms with Crippen molar-refractivity contribution in [2.24, 2.45) is 0 Å². The molecule has 0 atom stereocenters. The number of hydrogen-bond donors (Lipinski definition) is 1. The van der Waals surface area contributed by atoms with E-state index in [9.17, 15) is 8.42 Å². The van der Waals surface area contributed by atoms with Gasteiger partial charge in [0.2, 0.25) is 0 Å². The summed E-state index contributed by atoms with van der Waals surface area (Å²) < 4.78 is 37.2. The number of nitrogens with zero attached hydrogens (tertiary/aromatic N) is 1. The minimum atomic E-state index is -3.66. The first-order chi connectivity index (χ1) is 11.5. The van der Waals surface area contributed by atoms with Gasteiger partial charge in [0.1, 0.15) is 18.2 Å². The van der Waals surface area contributed by atoms with Gasteiger partial charge in [0.15, 0.2) is 0 Å². The van der Waals surface area contributed by atoms with E-state index in [1.165, 1.54) is 12.1 Å². The van der Waals surface area contributed by atoms with Crippen LogP contribution in [-0.4, -0.2) is 33.7 Å². The molecule has 0 aliphatic rings. The lowest BCUT2D eigenvalue weighted by molar-refractivity contribution is 0.146. The van der Waals surface area contributed by atoms with E-state index in [2.05, 4.69) is 9.71 Å². The number of ether oxygens (including phenoxy) is 2. The van der Waals surface area contributed by atoms with Gasteiger partial charge in [-0.25, -0.2) is 13.4 Å². The maximum Gasteiger partial charge on any atom is 0.263 e. The molecular weight excluding hydrogens is 328 g/mol. The SMILES string of the molecule is CC.COCCOc1ccc(S(=O)(=O)Nc2ccc(C)cn2)cc1.[HH]. The van der Waals surface area contributed by atoms with Crippen LogP contribution < -0.4 is 9.46 Å². The van der Waals surface area contributed by atoms with E-state index in [0.717, 1.165) is 5.56 Å². The molecule has 1 N–H and O–H groups in total. The predicted octanol–water partition coefficient (Wildman–Crippen LogP) is 3.49. The largest absolute Gasteiger partial charge is 0.491 e. The van der Waals surface area contributed by atoms with Crippen molar-refractivity contribution in [2.75, 3.05) is 25.0 Å². The quantitative estimate of drug-likeness (QED) is 0.770. The third-order valence-electron chi connectivity index (χ3n) is 2.84. The summed E-state index contributed by atoms with van der Waals surface area (Å²) in [4.78, 5) is 4.17. The Labute approximate surface area is 145 Å². The number of rotatable bonds is 7. The fourth-order valence-electron chi connectivity index (χ4n) is 1.68. The second-order valence-corrected chi connectivity index (χ2v) is 6.32. The number of pyridine rings is 1. The Kier molecular flexibility index (Phi) is 8.21. The molecule has 2 rings (SSSR count). The summed E-state index contributed by atoms with van der Waals surface area (Å²) in [6.07, 6.45) is 1.60. The molecule has 24 heavy (non-hydrogen) atoms. The molecule has 2 aromatic rings. The van der Waals surface area contributed by atoms with Crippen LogP contribution in [0.5, 0.6) is 5.75 Å². The van der Waals surface area contributed by atoms with Gasteiger partial charge in [-0.3, -0.25) is 4.72 Å². The van der Waals surface area contributed by atoms with Crippen molar-refractivity contribution >= 4 is 15.8 Å². The zero-order valence-corrected chi connectivity index (χ0v) is 15.3. The van der Waals surface area contributed by atoms with E-state index in [4.69, 9.17) is 9.47 Å². The van der Waals surface area contributed by atoms with Gasteiger partial charge in [0.25, 0.3) is 10.0 Å². The highest BCUT2D eigenvalue weighted by molar-refractivity contribution is 7.92. The van der Waals surface area contributed by atoms with Crippen LogP contribution in [0.25, 0.3) is 0 Å². The van der Waals surface area contributed by atoms with Gasteiger partial charge in [-0.15, -0.1) is 0 Å². The smallest absolute Gasteiger partial charge is 0.263 e. The van der Waals surface area contributed by atoms with E-state index in [1.54, 1.807) is 37.6 Å². The van der Waals surface area contributed by atoms with Crippen LogP contribution in [0.1, 0.15) is 20.8 Å². The number of aryl methyl sites for hydroxylation is 1. The maximum absolute atomic E-state index is 12.2. The monoisotopic (exact) mass is 354 g/mol. The van der Waals surface area contributed by atoms with E-state index in [1.807, 2.05) is 20.8 Å². The summed E-state index contributed by atoms with van der Waals surface area (Å²) in [6, 6.07) is 9.59. The summed E-state index contributed by atoms with van der Waals surface area (Å²) in [5, 5.41) is 0. The third kappa shape index (κ3) is 6.17. The third-order valence-corrected chi connectivity index (χ3v) is 4.21. The number of nitrogens with one attached hydrogen (secondary N) is 1. The zero-order chi connectivity index (χ0) is 18.0. The lowest BCUT2D eigenvalue weighted by Gasteiger charge is -2.09. The molecule has 0 bridgehead atoms. The number of aromatic nitrogens is 1. The van der Waals surface area contributed by atoms with E-state index >= 15 is 0 Å². The molecule has 0 fully saturated rings. The van der Waals surface area contributed by atoms with Gasteiger partial charge in [-0.1, -0.05) is 19.9 Å². The fraction of sp³-hybridized carbons (Fsp3) is 0.353. The van der Waals surface area contributed by atoms with Crippen LogP contribution >= 0.6 is 0 Å². The molecule has 1 aromatic carbocycles. The molecule has 0 spiro atoms. The van der Waals surface area contributed by atoms with Gasteiger partial charge >= 0.3 is 0 Å². The van der Waals surface area contributed by atoms with E-state index in [-0.39, 0.29) is 12.1 Å². The second-order valence-electron chi connectivity index (χ2n) is 4.64. The number of methoxy groups -OCH3 is 1. The molecule has 6 nitrogen and oxygen atoms in total. The average molecular weight is 354 g/mol. The Hall–Kier alpha value is -2.12. The highest BCUT2D eigenvalue weighted by Gasteiger charge is 2.14. The highest BCUT2D eigenvalue weighted by Crippen LogP contribution is 2.18.